The van der Waals surface area contributed by atoms with Crippen molar-refractivity contribution in [3.63, 3.8) is 0 Å². The molecule has 0 saturated heterocycles. The highest BCUT2D eigenvalue weighted by Gasteiger charge is 2.09. The Balaban J connectivity index is 1.67. The van der Waals surface area contributed by atoms with E-state index in [1.165, 1.54) is 0 Å². The molecule has 0 saturated carbocycles. The second-order valence-corrected chi connectivity index (χ2v) is 4.96. The molecule has 0 fully saturated rings. The predicted octanol–water partition coefficient (Wildman–Crippen LogP) is 1.51. The number of hydrogen-bond donors (Lipinski definition) is 1. The largest absolute Gasteiger partial charge is 0.350 e. The summed E-state index contributed by atoms with van der Waals surface area (Å²) in [5, 5.41) is 6.89. The second kappa shape index (κ2) is 5.40. The molecule has 2 heterocycles. The molecule has 1 aromatic carbocycles. The van der Waals surface area contributed by atoms with Gasteiger partial charge < -0.3 is 9.88 Å². The van der Waals surface area contributed by atoms with Crippen molar-refractivity contribution >= 4 is 16.9 Å². The van der Waals surface area contributed by atoms with E-state index in [1.807, 2.05) is 31.2 Å². The first-order chi connectivity index (χ1) is 10.1. The molecule has 6 nitrogen and oxygen atoms in total. The highest BCUT2D eigenvalue weighted by molar-refractivity contribution is 5.93. The molecule has 0 aliphatic carbocycles. The van der Waals surface area contributed by atoms with E-state index in [9.17, 15) is 4.79 Å². The quantitative estimate of drug-likeness (QED) is 0.789. The van der Waals surface area contributed by atoms with Crippen molar-refractivity contribution in [2.24, 2.45) is 7.05 Å². The summed E-state index contributed by atoms with van der Waals surface area (Å²) < 4.78 is 3.72. The third-order valence-electron chi connectivity index (χ3n) is 3.43. The molecule has 0 unspecified atom stereocenters. The van der Waals surface area contributed by atoms with Crippen molar-refractivity contribution in [1.82, 2.24) is 24.6 Å². The summed E-state index contributed by atoms with van der Waals surface area (Å²) in [5.74, 6) is 0.844. The van der Waals surface area contributed by atoms with Crippen molar-refractivity contribution < 1.29 is 4.79 Å². The number of aromatic nitrogens is 4. The number of para-hydroxylation sites is 2. The molecule has 108 valence electrons. The zero-order valence-corrected chi connectivity index (χ0v) is 12.1. The minimum Gasteiger partial charge on any atom is -0.350 e. The Labute approximate surface area is 122 Å². The molecule has 0 bridgehead atoms. The van der Waals surface area contributed by atoms with E-state index in [2.05, 4.69) is 20.0 Å². The van der Waals surface area contributed by atoms with Gasteiger partial charge in [-0.15, -0.1) is 0 Å². The van der Waals surface area contributed by atoms with Crippen LogP contribution in [0.3, 0.4) is 0 Å². The van der Waals surface area contributed by atoms with Gasteiger partial charge in [0, 0.05) is 26.3 Å². The van der Waals surface area contributed by atoms with E-state index in [0.717, 1.165) is 16.9 Å². The van der Waals surface area contributed by atoms with Crippen LogP contribution < -0.4 is 5.32 Å². The van der Waals surface area contributed by atoms with Gasteiger partial charge in [-0.2, -0.15) is 5.10 Å². The Hall–Kier alpha value is -2.63. The summed E-state index contributed by atoms with van der Waals surface area (Å²) in [6.07, 6.45) is 3.26. The van der Waals surface area contributed by atoms with Gasteiger partial charge in [-0.3, -0.25) is 9.48 Å². The van der Waals surface area contributed by atoms with Crippen molar-refractivity contribution in [3.05, 3.63) is 48.0 Å². The molecular weight excluding hydrogens is 266 g/mol. The Morgan fingerprint density at radius 1 is 1.33 bits per heavy atom. The molecular formula is C15H17N5O. The Morgan fingerprint density at radius 2 is 2.14 bits per heavy atom. The normalized spacial score (nSPS) is 11.0. The van der Waals surface area contributed by atoms with Gasteiger partial charge in [0.05, 0.1) is 22.8 Å². The van der Waals surface area contributed by atoms with Crippen LogP contribution >= 0.6 is 0 Å². The second-order valence-electron chi connectivity index (χ2n) is 4.96. The third kappa shape index (κ3) is 2.65. The molecule has 2 aromatic heterocycles. The van der Waals surface area contributed by atoms with Gasteiger partial charge in [0.15, 0.2) is 0 Å². The minimum absolute atomic E-state index is 0.106. The maximum Gasteiger partial charge on any atom is 0.254 e. The fourth-order valence-electron chi connectivity index (χ4n) is 2.40. The van der Waals surface area contributed by atoms with E-state index >= 15 is 0 Å². The minimum atomic E-state index is -0.106. The number of fused-ring (bicyclic) bond motifs is 1. The van der Waals surface area contributed by atoms with Gasteiger partial charge in [-0.05, 0) is 19.1 Å². The van der Waals surface area contributed by atoms with Crippen LogP contribution in [-0.2, 0) is 13.6 Å². The van der Waals surface area contributed by atoms with Crippen molar-refractivity contribution in [3.8, 4) is 0 Å². The number of hydrogen-bond acceptors (Lipinski definition) is 3. The van der Waals surface area contributed by atoms with E-state index in [1.54, 1.807) is 24.1 Å². The summed E-state index contributed by atoms with van der Waals surface area (Å²) in [6.45, 7) is 3.22. The SMILES string of the molecule is Cc1nc2ccccc2n1CCNC(=O)c1cnn(C)c1. The molecule has 1 amide bonds. The molecule has 0 aliphatic heterocycles. The molecule has 0 radical (unpaired) electrons. The van der Waals surface area contributed by atoms with Crippen LogP contribution in [0, 0.1) is 6.92 Å². The van der Waals surface area contributed by atoms with E-state index < -0.39 is 0 Å². The number of benzene rings is 1. The van der Waals surface area contributed by atoms with Crippen LogP contribution in [0.1, 0.15) is 16.2 Å². The Kier molecular flexibility index (Phi) is 3.43. The summed E-state index contributed by atoms with van der Waals surface area (Å²) >= 11 is 0. The number of nitrogens with zero attached hydrogens (tertiary/aromatic N) is 4. The summed E-state index contributed by atoms with van der Waals surface area (Å²) in [5.41, 5.74) is 2.64. The van der Waals surface area contributed by atoms with Crippen molar-refractivity contribution in [1.29, 1.82) is 0 Å². The summed E-state index contributed by atoms with van der Waals surface area (Å²) in [4.78, 5) is 16.5. The fraction of sp³-hybridized carbons (Fsp3) is 0.267. The lowest BCUT2D eigenvalue weighted by Crippen LogP contribution is -2.27. The van der Waals surface area contributed by atoms with Crippen molar-refractivity contribution in [2.75, 3.05) is 6.54 Å². The number of carbonyl (C=O) groups excluding carboxylic acids is 1. The monoisotopic (exact) mass is 283 g/mol. The third-order valence-corrected chi connectivity index (χ3v) is 3.43. The van der Waals surface area contributed by atoms with Gasteiger partial charge in [0.25, 0.3) is 5.91 Å². The van der Waals surface area contributed by atoms with Crippen LogP contribution in [0.5, 0.6) is 0 Å². The van der Waals surface area contributed by atoms with Gasteiger partial charge in [-0.25, -0.2) is 4.98 Å². The van der Waals surface area contributed by atoms with E-state index in [-0.39, 0.29) is 5.91 Å². The summed E-state index contributed by atoms with van der Waals surface area (Å²) in [6, 6.07) is 8.00. The lowest BCUT2D eigenvalue weighted by Gasteiger charge is -2.07. The van der Waals surface area contributed by atoms with Crippen LogP contribution in [0.15, 0.2) is 36.7 Å². The first-order valence-corrected chi connectivity index (χ1v) is 6.84. The number of imidazole rings is 1. The molecule has 3 rings (SSSR count). The highest BCUT2D eigenvalue weighted by Crippen LogP contribution is 2.14. The molecule has 6 heteroatoms. The maximum atomic E-state index is 11.9. The maximum absolute atomic E-state index is 11.9. The van der Waals surface area contributed by atoms with Crippen molar-refractivity contribution in [2.45, 2.75) is 13.5 Å². The lowest BCUT2D eigenvalue weighted by atomic mass is 10.3. The summed E-state index contributed by atoms with van der Waals surface area (Å²) in [7, 11) is 1.79. The number of rotatable bonds is 4. The van der Waals surface area contributed by atoms with E-state index in [4.69, 9.17) is 0 Å². The topological polar surface area (TPSA) is 64.7 Å². The Morgan fingerprint density at radius 3 is 2.90 bits per heavy atom. The average Bonchev–Trinajstić information content (AvgIpc) is 3.03. The number of aryl methyl sites for hydroxylation is 2. The molecule has 0 spiro atoms. The fourth-order valence-corrected chi connectivity index (χ4v) is 2.40. The lowest BCUT2D eigenvalue weighted by molar-refractivity contribution is 0.0952. The van der Waals surface area contributed by atoms with Crippen LogP contribution in [0.25, 0.3) is 11.0 Å². The molecule has 1 N–H and O–H groups in total. The molecule has 3 aromatic rings. The van der Waals surface area contributed by atoms with Gasteiger partial charge >= 0.3 is 0 Å². The average molecular weight is 283 g/mol. The van der Waals surface area contributed by atoms with Crippen LogP contribution in [0.4, 0.5) is 0 Å². The van der Waals surface area contributed by atoms with Gasteiger partial charge in [0.1, 0.15) is 5.82 Å². The zero-order chi connectivity index (χ0) is 14.8. The molecule has 0 aliphatic rings. The predicted molar refractivity (Wildman–Crippen MR) is 80.0 cm³/mol. The first-order valence-electron chi connectivity index (χ1n) is 6.84. The van der Waals surface area contributed by atoms with E-state index in [0.29, 0.717) is 18.7 Å². The molecule has 21 heavy (non-hydrogen) atoms. The van der Waals surface area contributed by atoms with Crippen LogP contribution in [0.2, 0.25) is 0 Å². The first kappa shape index (κ1) is 13.4. The van der Waals surface area contributed by atoms with Gasteiger partial charge in [-0.1, -0.05) is 12.1 Å². The number of amides is 1. The number of carbonyl (C=O) groups is 1. The van der Waals surface area contributed by atoms with Crippen LogP contribution in [-0.4, -0.2) is 31.8 Å². The highest BCUT2D eigenvalue weighted by atomic mass is 16.1. The zero-order valence-electron chi connectivity index (χ0n) is 12.1. The smallest absolute Gasteiger partial charge is 0.254 e. The number of nitrogens with one attached hydrogen (secondary N) is 1. The standard InChI is InChI=1S/C15H17N5O/c1-11-18-13-5-3-4-6-14(13)20(11)8-7-16-15(21)12-9-17-19(2)10-12/h3-6,9-10H,7-8H2,1-2H3,(H,16,21). The molecule has 0 atom stereocenters. The van der Waals surface area contributed by atoms with Gasteiger partial charge in [0.2, 0.25) is 0 Å². The Bertz CT molecular complexity index is 786.